The summed E-state index contributed by atoms with van der Waals surface area (Å²) in [4.78, 5) is 0. The van der Waals surface area contributed by atoms with Crippen LogP contribution in [0.4, 0.5) is 23.2 Å². The van der Waals surface area contributed by atoms with Crippen LogP contribution in [0.15, 0.2) is 18.2 Å². The maximum atomic E-state index is 12.7. The fourth-order valence-electron chi connectivity index (χ4n) is 0.894. The van der Waals surface area contributed by atoms with Gasteiger partial charge in [-0.15, -0.1) is 0 Å². The van der Waals surface area contributed by atoms with Gasteiger partial charge in [-0.25, -0.2) is 4.39 Å². The Morgan fingerprint density at radius 2 is 2.00 bits per heavy atom. The number of alkyl halides is 3. The Labute approximate surface area is 82.8 Å². The zero-order chi connectivity index (χ0) is 11.5. The van der Waals surface area contributed by atoms with Crippen LogP contribution in [-0.2, 0) is 0 Å². The zero-order valence-electron chi connectivity index (χ0n) is 7.44. The third-order valence-electron chi connectivity index (χ3n) is 1.49. The van der Waals surface area contributed by atoms with Crippen molar-refractivity contribution in [3.63, 3.8) is 0 Å². The molecule has 0 aliphatic heterocycles. The van der Waals surface area contributed by atoms with E-state index in [1.165, 1.54) is 6.07 Å². The van der Waals surface area contributed by atoms with E-state index in [9.17, 15) is 17.6 Å². The van der Waals surface area contributed by atoms with E-state index >= 15 is 0 Å². The highest BCUT2D eigenvalue weighted by atomic mass is 19.4. The molecule has 15 heavy (non-hydrogen) atoms. The molecule has 0 radical (unpaired) electrons. The molecule has 0 spiro atoms. The predicted molar refractivity (Wildman–Crippen MR) is 45.8 cm³/mol. The van der Waals surface area contributed by atoms with Crippen LogP contribution in [0.1, 0.15) is 0 Å². The van der Waals surface area contributed by atoms with Gasteiger partial charge in [-0.2, -0.15) is 13.2 Å². The van der Waals surface area contributed by atoms with Gasteiger partial charge in [0.1, 0.15) is 11.6 Å². The molecule has 3 N–H and O–H groups in total. The number of nitrogen functional groups attached to an aromatic ring is 1. The fourth-order valence-corrected chi connectivity index (χ4v) is 0.894. The van der Waals surface area contributed by atoms with Gasteiger partial charge < -0.3 is 10.2 Å². The molecule has 0 aromatic heterocycles. The van der Waals surface area contributed by atoms with Gasteiger partial charge in [0, 0.05) is 6.07 Å². The first-order valence-electron chi connectivity index (χ1n) is 3.88. The highest BCUT2D eigenvalue weighted by Gasteiger charge is 2.28. The molecule has 0 saturated carbocycles. The van der Waals surface area contributed by atoms with Crippen LogP contribution in [0.2, 0.25) is 0 Å². The van der Waals surface area contributed by atoms with Gasteiger partial charge in [0.05, 0.1) is 5.69 Å². The molecule has 1 aromatic carbocycles. The number of hydrazine groups is 1. The Balaban J connectivity index is 2.79. The van der Waals surface area contributed by atoms with Gasteiger partial charge in [0.2, 0.25) is 0 Å². The van der Waals surface area contributed by atoms with E-state index in [1.54, 1.807) is 0 Å². The summed E-state index contributed by atoms with van der Waals surface area (Å²) in [5.74, 6) is 4.02. The lowest BCUT2D eigenvalue weighted by Crippen LogP contribution is -2.20. The summed E-state index contributed by atoms with van der Waals surface area (Å²) in [6.45, 7) is -1.49. The average Bonchev–Trinajstić information content (AvgIpc) is 2.14. The third kappa shape index (κ3) is 3.62. The van der Waals surface area contributed by atoms with Crippen LogP contribution < -0.4 is 16.0 Å². The molecular formula is C8H8F4N2O. The van der Waals surface area contributed by atoms with E-state index in [0.717, 1.165) is 12.1 Å². The number of anilines is 1. The Morgan fingerprint density at radius 1 is 1.33 bits per heavy atom. The molecule has 0 aliphatic carbocycles. The van der Waals surface area contributed by atoms with Gasteiger partial charge in [-0.05, 0) is 12.1 Å². The molecule has 0 unspecified atom stereocenters. The van der Waals surface area contributed by atoms with Crippen LogP contribution in [-0.4, -0.2) is 12.8 Å². The number of rotatable bonds is 3. The molecule has 1 aromatic rings. The third-order valence-corrected chi connectivity index (χ3v) is 1.49. The highest BCUT2D eigenvalue weighted by molar-refractivity contribution is 5.55. The Bertz CT molecular complexity index is 340. The largest absolute Gasteiger partial charge is 0.482 e. The summed E-state index contributed by atoms with van der Waals surface area (Å²) in [6, 6.07) is 3.05. The molecule has 3 nitrogen and oxygen atoms in total. The fraction of sp³-hybridized carbons (Fsp3) is 0.250. The smallest absolute Gasteiger partial charge is 0.422 e. The monoisotopic (exact) mass is 224 g/mol. The molecule has 0 saturated heterocycles. The minimum Gasteiger partial charge on any atom is -0.482 e. The van der Waals surface area contributed by atoms with Crippen molar-refractivity contribution in [2.75, 3.05) is 12.0 Å². The van der Waals surface area contributed by atoms with Crippen LogP contribution in [0, 0.1) is 5.82 Å². The summed E-state index contributed by atoms with van der Waals surface area (Å²) < 4.78 is 52.5. The van der Waals surface area contributed by atoms with Gasteiger partial charge in [-0.1, -0.05) is 0 Å². The molecule has 7 heteroatoms. The Hall–Kier alpha value is -1.50. The first kappa shape index (κ1) is 11.6. The second kappa shape index (κ2) is 4.35. The van der Waals surface area contributed by atoms with Crippen molar-refractivity contribution in [2.45, 2.75) is 6.18 Å². The Kier molecular flexibility index (Phi) is 3.35. The minimum absolute atomic E-state index is 0.0839. The number of hydrogen-bond donors (Lipinski definition) is 2. The molecule has 0 atom stereocenters. The quantitative estimate of drug-likeness (QED) is 0.469. The van der Waals surface area contributed by atoms with Gasteiger partial charge in [0.25, 0.3) is 0 Å². The van der Waals surface area contributed by atoms with Crippen molar-refractivity contribution in [1.82, 2.24) is 0 Å². The molecule has 1 rings (SSSR count). The highest BCUT2D eigenvalue weighted by Crippen LogP contribution is 2.26. The van der Waals surface area contributed by atoms with Crippen molar-refractivity contribution in [3.05, 3.63) is 24.0 Å². The van der Waals surface area contributed by atoms with E-state index in [2.05, 4.69) is 10.2 Å². The summed E-state index contributed by atoms with van der Waals surface area (Å²) in [5, 5.41) is 0. The van der Waals surface area contributed by atoms with E-state index < -0.39 is 18.6 Å². The van der Waals surface area contributed by atoms with Crippen LogP contribution in [0.25, 0.3) is 0 Å². The van der Waals surface area contributed by atoms with Crippen LogP contribution >= 0.6 is 0 Å². The number of halogens is 4. The summed E-state index contributed by atoms with van der Waals surface area (Å²) in [7, 11) is 0. The van der Waals surface area contributed by atoms with E-state index in [4.69, 9.17) is 5.84 Å². The number of ether oxygens (including phenoxy) is 1. The van der Waals surface area contributed by atoms with Crippen molar-refractivity contribution < 1.29 is 22.3 Å². The zero-order valence-corrected chi connectivity index (χ0v) is 7.44. The van der Waals surface area contributed by atoms with Gasteiger partial charge in [-0.3, -0.25) is 5.84 Å². The first-order chi connectivity index (χ1) is 6.92. The average molecular weight is 224 g/mol. The van der Waals surface area contributed by atoms with Crippen LogP contribution in [0.3, 0.4) is 0 Å². The molecule has 0 amide bonds. The molecule has 84 valence electrons. The lowest BCUT2D eigenvalue weighted by molar-refractivity contribution is -0.153. The van der Waals surface area contributed by atoms with Crippen molar-refractivity contribution >= 4 is 5.69 Å². The number of nitrogens with two attached hydrogens (primary N) is 1. The second-order valence-corrected chi connectivity index (χ2v) is 2.69. The minimum atomic E-state index is -4.47. The molecule has 0 bridgehead atoms. The van der Waals surface area contributed by atoms with Gasteiger partial charge in [0.15, 0.2) is 6.61 Å². The number of nitrogens with one attached hydrogen (secondary N) is 1. The number of hydrogen-bond acceptors (Lipinski definition) is 3. The van der Waals surface area contributed by atoms with Gasteiger partial charge >= 0.3 is 6.18 Å². The van der Waals surface area contributed by atoms with E-state index in [-0.39, 0.29) is 11.4 Å². The second-order valence-electron chi connectivity index (χ2n) is 2.69. The summed E-state index contributed by atoms with van der Waals surface area (Å²) in [5.41, 5.74) is 2.18. The predicted octanol–water partition coefficient (Wildman–Crippen LogP) is 2.05. The number of benzene rings is 1. The Morgan fingerprint density at radius 3 is 2.53 bits per heavy atom. The van der Waals surface area contributed by atoms with Crippen molar-refractivity contribution in [1.29, 1.82) is 0 Å². The summed E-state index contributed by atoms with van der Waals surface area (Å²) in [6.07, 6.45) is -4.47. The normalized spacial score (nSPS) is 11.3. The topological polar surface area (TPSA) is 47.3 Å². The van der Waals surface area contributed by atoms with Crippen molar-refractivity contribution in [2.24, 2.45) is 5.84 Å². The summed E-state index contributed by atoms with van der Waals surface area (Å²) >= 11 is 0. The van der Waals surface area contributed by atoms with E-state index in [0.29, 0.717) is 0 Å². The maximum absolute atomic E-state index is 12.7. The molecule has 0 fully saturated rings. The van der Waals surface area contributed by atoms with Crippen LogP contribution in [0.5, 0.6) is 5.75 Å². The first-order valence-corrected chi connectivity index (χ1v) is 3.88. The van der Waals surface area contributed by atoms with E-state index in [1.807, 2.05) is 0 Å². The standard InChI is InChI=1S/C8H8F4N2O/c9-5-1-2-6(14-13)7(3-5)15-4-8(10,11)12/h1-3,14H,4,13H2. The van der Waals surface area contributed by atoms with Crippen molar-refractivity contribution in [3.8, 4) is 5.75 Å². The molecule has 0 heterocycles. The molecule has 0 aliphatic rings. The lowest BCUT2D eigenvalue weighted by Gasteiger charge is -2.12. The lowest BCUT2D eigenvalue weighted by atomic mass is 10.3. The molecular weight excluding hydrogens is 216 g/mol. The SMILES string of the molecule is NNc1ccc(F)cc1OCC(F)(F)F. The maximum Gasteiger partial charge on any atom is 0.422 e.